The van der Waals surface area contributed by atoms with E-state index in [9.17, 15) is 0 Å². The van der Waals surface area contributed by atoms with Crippen LogP contribution in [0.5, 0.6) is 0 Å². The second-order valence-corrected chi connectivity index (χ2v) is 6.13. The molecule has 2 heteroatoms. The Morgan fingerprint density at radius 2 is 0.895 bits per heavy atom. The van der Waals surface area contributed by atoms with Gasteiger partial charge in [0.05, 0.1) is 0 Å². The summed E-state index contributed by atoms with van der Waals surface area (Å²) in [6, 6.07) is 0.498. The molecule has 1 fully saturated rings. The van der Waals surface area contributed by atoms with Crippen molar-refractivity contribution in [2.24, 2.45) is 4.99 Å². The summed E-state index contributed by atoms with van der Waals surface area (Å²) in [6.07, 6.45) is 22.4. The van der Waals surface area contributed by atoms with Crippen LogP contribution in [0.2, 0.25) is 0 Å². The Labute approximate surface area is 122 Å². The van der Waals surface area contributed by atoms with Crippen LogP contribution in [0.25, 0.3) is 0 Å². The molecule has 19 heavy (non-hydrogen) atoms. The van der Waals surface area contributed by atoms with Gasteiger partial charge in [-0.2, -0.15) is 0 Å². The van der Waals surface area contributed by atoms with Crippen molar-refractivity contribution in [3.8, 4) is 0 Å². The Bertz CT molecular complexity index is 199. The molecule has 0 unspecified atom stereocenters. The van der Waals surface area contributed by atoms with Crippen molar-refractivity contribution in [3.63, 3.8) is 0 Å². The fourth-order valence-electron chi connectivity index (χ4n) is 3.12. The van der Waals surface area contributed by atoms with Crippen molar-refractivity contribution in [1.29, 1.82) is 0 Å². The number of hydrogen-bond acceptors (Lipinski definition) is 1. The van der Waals surface area contributed by atoms with Crippen LogP contribution in [-0.2, 0) is 0 Å². The highest BCUT2D eigenvalue weighted by molar-refractivity contribution is 6.49. The van der Waals surface area contributed by atoms with Crippen LogP contribution in [0, 0.1) is 0 Å². The van der Waals surface area contributed by atoms with E-state index < -0.39 is 0 Å². The van der Waals surface area contributed by atoms with Gasteiger partial charge >= 0.3 is 0 Å². The Morgan fingerprint density at radius 1 is 0.579 bits per heavy atom. The number of nitrogens with zero attached hydrogens (tertiary/aromatic N) is 1. The third kappa shape index (κ3) is 10.2. The van der Waals surface area contributed by atoms with Crippen LogP contribution >= 0.6 is 0 Å². The molecule has 108 valence electrons. The summed E-state index contributed by atoms with van der Waals surface area (Å²) < 4.78 is 0. The molecule has 0 N–H and O–H groups in total. The lowest BCUT2D eigenvalue weighted by Crippen LogP contribution is -2.05. The van der Waals surface area contributed by atoms with Crippen LogP contribution in [0.15, 0.2) is 4.99 Å². The Balaban J connectivity index is 2.23. The maximum atomic E-state index is 5.47. The maximum absolute atomic E-state index is 5.47. The van der Waals surface area contributed by atoms with Crippen molar-refractivity contribution < 1.29 is 0 Å². The molecule has 0 aromatic heterocycles. The zero-order valence-corrected chi connectivity index (χ0v) is 12.8. The molecule has 1 nitrogen and oxygen atoms in total. The van der Waals surface area contributed by atoms with E-state index >= 15 is 0 Å². The summed E-state index contributed by atoms with van der Waals surface area (Å²) in [5.74, 6) is 0. The Hall–Kier alpha value is -0.265. The molecular weight excluding hydrogens is 229 g/mol. The number of hydrogen-bond donors (Lipinski definition) is 0. The van der Waals surface area contributed by atoms with E-state index in [0.29, 0.717) is 6.04 Å². The smallest absolute Gasteiger partial charge is 0.129 e. The molecule has 0 aliphatic heterocycles. The van der Waals surface area contributed by atoms with Gasteiger partial charge in [-0.3, -0.25) is 0 Å². The summed E-state index contributed by atoms with van der Waals surface area (Å²) >= 11 is 0. The molecule has 0 aromatic rings. The summed E-state index contributed by atoms with van der Waals surface area (Å²) in [5, 5.41) is 0. The first kappa shape index (κ1) is 16.8. The van der Waals surface area contributed by atoms with E-state index in [1.54, 1.807) is 0 Å². The van der Waals surface area contributed by atoms with Crippen LogP contribution in [0.1, 0.15) is 96.3 Å². The zero-order valence-electron chi connectivity index (χ0n) is 12.8. The van der Waals surface area contributed by atoms with Gasteiger partial charge < -0.3 is 4.99 Å². The second kappa shape index (κ2) is 12.8. The van der Waals surface area contributed by atoms with Crippen molar-refractivity contribution in [3.05, 3.63) is 0 Å². The molecule has 0 aromatic carbocycles. The first-order valence-electron chi connectivity index (χ1n) is 8.67. The third-order valence-corrected chi connectivity index (χ3v) is 4.37. The van der Waals surface area contributed by atoms with Crippen molar-refractivity contribution in [2.75, 3.05) is 0 Å². The minimum absolute atomic E-state index is 0.498. The van der Waals surface area contributed by atoms with Gasteiger partial charge in [-0.15, -0.1) is 0 Å². The van der Waals surface area contributed by atoms with E-state index in [2.05, 4.69) is 4.99 Å². The first-order chi connectivity index (χ1) is 9.43. The molecule has 1 aliphatic rings. The summed E-state index contributed by atoms with van der Waals surface area (Å²) in [6.45, 7) is 0. The summed E-state index contributed by atoms with van der Waals surface area (Å²) in [7, 11) is 5.47. The third-order valence-electron chi connectivity index (χ3n) is 4.37. The Morgan fingerprint density at radius 3 is 1.21 bits per heavy atom. The van der Waals surface area contributed by atoms with Crippen molar-refractivity contribution in [2.45, 2.75) is 102 Å². The standard InChI is InChI=1S/C17H32BN/c18-16-19-17-14-12-10-8-6-4-2-1-3-5-7-9-11-13-15-17/h16-17H,1-15H2. The molecule has 1 aliphatic carbocycles. The minimum atomic E-state index is 0.498. The monoisotopic (exact) mass is 261 g/mol. The van der Waals surface area contributed by atoms with Crippen LogP contribution < -0.4 is 0 Å². The van der Waals surface area contributed by atoms with Gasteiger partial charge in [0, 0.05) is 6.04 Å². The lowest BCUT2D eigenvalue weighted by molar-refractivity contribution is 0.473. The molecule has 2 radical (unpaired) electrons. The normalized spacial score (nSPS) is 23.6. The fourth-order valence-corrected chi connectivity index (χ4v) is 3.12. The summed E-state index contributed by atoms with van der Waals surface area (Å²) in [5.41, 5.74) is 0. The average Bonchev–Trinajstić information content (AvgIpc) is 2.41. The van der Waals surface area contributed by atoms with Gasteiger partial charge in [0.15, 0.2) is 0 Å². The number of rotatable bonds is 1. The van der Waals surface area contributed by atoms with Gasteiger partial charge in [-0.05, 0) is 12.8 Å². The second-order valence-electron chi connectivity index (χ2n) is 6.13. The van der Waals surface area contributed by atoms with Crippen LogP contribution in [0.3, 0.4) is 0 Å². The lowest BCUT2D eigenvalue weighted by atomic mass is 9.98. The highest BCUT2D eigenvalue weighted by atomic mass is 14.7. The van der Waals surface area contributed by atoms with Gasteiger partial charge in [0.1, 0.15) is 7.85 Å². The van der Waals surface area contributed by atoms with E-state index in [1.165, 1.54) is 102 Å². The van der Waals surface area contributed by atoms with Gasteiger partial charge in [-0.25, -0.2) is 0 Å². The van der Waals surface area contributed by atoms with E-state index in [1.807, 2.05) is 0 Å². The highest BCUT2D eigenvalue weighted by Crippen LogP contribution is 2.18. The molecule has 0 bridgehead atoms. The molecular formula is C17H32BN. The van der Waals surface area contributed by atoms with E-state index in [-0.39, 0.29) is 0 Å². The van der Waals surface area contributed by atoms with E-state index in [0.717, 1.165) is 0 Å². The number of aliphatic imine (C=N–C) groups is 1. The molecule has 1 rings (SSSR count). The van der Waals surface area contributed by atoms with Gasteiger partial charge in [0.25, 0.3) is 0 Å². The highest BCUT2D eigenvalue weighted by Gasteiger charge is 2.05. The van der Waals surface area contributed by atoms with E-state index in [4.69, 9.17) is 7.85 Å². The molecule has 0 spiro atoms. The maximum Gasteiger partial charge on any atom is 0.129 e. The topological polar surface area (TPSA) is 12.4 Å². The van der Waals surface area contributed by atoms with Crippen molar-refractivity contribution >= 4 is 14.0 Å². The molecule has 1 saturated carbocycles. The quantitative estimate of drug-likeness (QED) is 0.441. The Kier molecular flexibility index (Phi) is 11.3. The van der Waals surface area contributed by atoms with Crippen LogP contribution in [0.4, 0.5) is 0 Å². The molecule has 0 heterocycles. The minimum Gasteiger partial charge on any atom is -0.305 e. The predicted octanol–water partition coefficient (Wildman–Crippen LogP) is 5.42. The summed E-state index contributed by atoms with van der Waals surface area (Å²) in [4.78, 5) is 4.44. The van der Waals surface area contributed by atoms with Crippen LogP contribution in [-0.4, -0.2) is 20.0 Å². The predicted molar refractivity (Wildman–Crippen MR) is 87.3 cm³/mol. The lowest BCUT2D eigenvalue weighted by Gasteiger charge is -2.13. The van der Waals surface area contributed by atoms with Crippen molar-refractivity contribution in [1.82, 2.24) is 0 Å². The molecule has 0 atom stereocenters. The average molecular weight is 261 g/mol. The molecule has 0 saturated heterocycles. The SMILES string of the molecule is [B]C=NC1CCCCCCCCCCCCCCC1. The fraction of sp³-hybridized carbons (Fsp3) is 0.941. The van der Waals surface area contributed by atoms with Gasteiger partial charge in [-0.1, -0.05) is 89.6 Å². The van der Waals surface area contributed by atoms with Gasteiger partial charge in [0.2, 0.25) is 0 Å². The largest absolute Gasteiger partial charge is 0.305 e. The first-order valence-corrected chi connectivity index (χ1v) is 8.67. The molecule has 0 amide bonds. The zero-order chi connectivity index (χ0) is 13.6.